The Morgan fingerprint density at radius 2 is 2.00 bits per heavy atom. The van der Waals surface area contributed by atoms with E-state index in [0.29, 0.717) is 5.56 Å². The Labute approximate surface area is 142 Å². The lowest BCUT2D eigenvalue weighted by molar-refractivity contribution is -0.00546. The van der Waals surface area contributed by atoms with Crippen LogP contribution in [0, 0.1) is 0 Å². The van der Waals surface area contributed by atoms with E-state index in [0.717, 1.165) is 49.9 Å². The molecule has 2 aliphatic heterocycles. The van der Waals surface area contributed by atoms with E-state index in [9.17, 15) is 4.79 Å². The van der Waals surface area contributed by atoms with Crippen LogP contribution in [0.1, 0.15) is 30.6 Å². The van der Waals surface area contributed by atoms with E-state index >= 15 is 0 Å². The van der Waals surface area contributed by atoms with Gasteiger partial charge < -0.3 is 14.5 Å². The van der Waals surface area contributed by atoms with Gasteiger partial charge in [-0.25, -0.2) is 4.98 Å². The van der Waals surface area contributed by atoms with Crippen LogP contribution in [0.5, 0.6) is 0 Å². The molecule has 2 fully saturated rings. The van der Waals surface area contributed by atoms with E-state index in [1.165, 1.54) is 0 Å². The first kappa shape index (κ1) is 16.6. The highest BCUT2D eigenvalue weighted by Crippen LogP contribution is 2.19. The third kappa shape index (κ3) is 4.18. The van der Waals surface area contributed by atoms with Crippen LogP contribution in [0.15, 0.2) is 18.3 Å². The Kier molecular flexibility index (Phi) is 5.43. The highest BCUT2D eigenvalue weighted by molar-refractivity contribution is 7.99. The Hall–Kier alpha value is -1.27. The van der Waals surface area contributed by atoms with E-state index < -0.39 is 0 Å². The summed E-state index contributed by atoms with van der Waals surface area (Å²) >= 11 is 1.93. The second kappa shape index (κ2) is 7.53. The smallest absolute Gasteiger partial charge is 0.255 e. The maximum atomic E-state index is 12.6. The molecule has 6 heteroatoms. The number of ether oxygens (including phenoxy) is 1. The minimum absolute atomic E-state index is 0.107. The molecule has 5 nitrogen and oxygen atoms in total. The van der Waals surface area contributed by atoms with Gasteiger partial charge in [-0.05, 0) is 38.2 Å². The topological polar surface area (TPSA) is 45.7 Å². The predicted octanol–water partition coefficient (Wildman–Crippen LogP) is 2.27. The Morgan fingerprint density at radius 1 is 1.22 bits per heavy atom. The minimum Gasteiger partial charge on any atom is -0.372 e. The summed E-state index contributed by atoms with van der Waals surface area (Å²) in [7, 11) is 0. The number of rotatable bonds is 2. The van der Waals surface area contributed by atoms with E-state index in [2.05, 4.69) is 23.7 Å². The first-order valence-electron chi connectivity index (χ1n) is 8.37. The summed E-state index contributed by atoms with van der Waals surface area (Å²) in [5, 5.41) is 0. The largest absolute Gasteiger partial charge is 0.372 e. The van der Waals surface area contributed by atoms with Crippen molar-refractivity contribution >= 4 is 23.5 Å². The van der Waals surface area contributed by atoms with Crippen LogP contribution in [0.25, 0.3) is 0 Å². The van der Waals surface area contributed by atoms with Crippen molar-refractivity contribution in [3.05, 3.63) is 23.9 Å². The van der Waals surface area contributed by atoms with Crippen molar-refractivity contribution in [3.8, 4) is 0 Å². The molecule has 3 heterocycles. The fraction of sp³-hybridized carbons (Fsp3) is 0.647. The summed E-state index contributed by atoms with van der Waals surface area (Å²) < 4.78 is 5.76. The van der Waals surface area contributed by atoms with Gasteiger partial charge in [0.25, 0.3) is 5.91 Å². The average molecular weight is 335 g/mol. The van der Waals surface area contributed by atoms with Gasteiger partial charge in [-0.3, -0.25) is 4.79 Å². The van der Waals surface area contributed by atoms with Crippen molar-refractivity contribution in [2.24, 2.45) is 0 Å². The molecule has 23 heavy (non-hydrogen) atoms. The molecular weight excluding hydrogens is 310 g/mol. The number of aromatic nitrogens is 1. The molecule has 1 aromatic rings. The van der Waals surface area contributed by atoms with Gasteiger partial charge in [-0.2, -0.15) is 11.8 Å². The van der Waals surface area contributed by atoms with Crippen molar-refractivity contribution in [2.75, 3.05) is 42.6 Å². The summed E-state index contributed by atoms with van der Waals surface area (Å²) in [6.07, 6.45) is 3.21. The lowest BCUT2D eigenvalue weighted by Crippen LogP contribution is -2.45. The van der Waals surface area contributed by atoms with E-state index in [-0.39, 0.29) is 18.1 Å². The van der Waals surface area contributed by atoms with Crippen LogP contribution >= 0.6 is 11.8 Å². The molecule has 2 unspecified atom stereocenters. The zero-order valence-electron chi connectivity index (χ0n) is 13.9. The number of amides is 1. The molecule has 0 bridgehead atoms. The number of thioether (sulfide) groups is 1. The first-order chi connectivity index (χ1) is 11.1. The number of hydrogen-bond donors (Lipinski definition) is 0. The van der Waals surface area contributed by atoms with Crippen molar-refractivity contribution in [1.29, 1.82) is 0 Å². The van der Waals surface area contributed by atoms with Crippen LogP contribution in [0.2, 0.25) is 0 Å². The molecule has 1 amide bonds. The molecule has 2 aliphatic rings. The number of carbonyl (C=O) groups is 1. The van der Waals surface area contributed by atoms with Gasteiger partial charge in [0.2, 0.25) is 0 Å². The van der Waals surface area contributed by atoms with Gasteiger partial charge in [0.15, 0.2) is 0 Å². The number of anilines is 1. The molecule has 0 spiro atoms. The second-order valence-electron chi connectivity index (χ2n) is 6.33. The highest BCUT2D eigenvalue weighted by atomic mass is 32.2. The minimum atomic E-state index is 0.107. The van der Waals surface area contributed by atoms with E-state index in [4.69, 9.17) is 4.74 Å². The number of morpholine rings is 1. The molecule has 2 saturated heterocycles. The van der Waals surface area contributed by atoms with Crippen molar-refractivity contribution in [2.45, 2.75) is 32.5 Å². The lowest BCUT2D eigenvalue weighted by Gasteiger charge is -2.36. The highest BCUT2D eigenvalue weighted by Gasteiger charge is 2.24. The summed E-state index contributed by atoms with van der Waals surface area (Å²) in [6.45, 7) is 7.54. The predicted molar refractivity (Wildman–Crippen MR) is 94.3 cm³/mol. The third-order valence-electron chi connectivity index (χ3n) is 4.25. The van der Waals surface area contributed by atoms with Crippen LogP contribution in [0.4, 0.5) is 5.82 Å². The second-order valence-corrected chi connectivity index (χ2v) is 7.55. The van der Waals surface area contributed by atoms with Crippen molar-refractivity contribution in [1.82, 2.24) is 9.88 Å². The van der Waals surface area contributed by atoms with Crippen molar-refractivity contribution < 1.29 is 9.53 Å². The lowest BCUT2D eigenvalue weighted by atomic mass is 10.2. The quantitative estimate of drug-likeness (QED) is 0.830. The molecular formula is C17H25N3O2S. The molecule has 1 aromatic heterocycles. The van der Waals surface area contributed by atoms with E-state index in [1.54, 1.807) is 6.20 Å². The van der Waals surface area contributed by atoms with Crippen LogP contribution in [-0.2, 0) is 4.74 Å². The summed E-state index contributed by atoms with van der Waals surface area (Å²) in [5.41, 5.74) is 0.690. The summed E-state index contributed by atoms with van der Waals surface area (Å²) in [6, 6.07) is 3.87. The zero-order chi connectivity index (χ0) is 16.2. The van der Waals surface area contributed by atoms with Gasteiger partial charge in [-0.15, -0.1) is 0 Å². The van der Waals surface area contributed by atoms with Gasteiger partial charge in [0.1, 0.15) is 5.82 Å². The fourth-order valence-corrected chi connectivity index (χ4v) is 4.08. The summed E-state index contributed by atoms with van der Waals surface area (Å²) in [4.78, 5) is 21.3. The van der Waals surface area contributed by atoms with Crippen molar-refractivity contribution in [3.63, 3.8) is 0 Å². The average Bonchev–Trinajstić information content (AvgIpc) is 2.83. The molecule has 2 atom stereocenters. The maximum Gasteiger partial charge on any atom is 0.255 e. The number of carbonyl (C=O) groups excluding carboxylic acids is 1. The molecule has 0 aliphatic carbocycles. The molecule has 0 radical (unpaired) electrons. The molecule has 3 rings (SSSR count). The SMILES string of the molecule is CC1CN(c2ccc(C(=O)N3CCCSCC3)cn2)CC(C)O1. The van der Waals surface area contributed by atoms with Crippen LogP contribution < -0.4 is 4.90 Å². The Morgan fingerprint density at radius 3 is 2.70 bits per heavy atom. The fourth-order valence-electron chi connectivity index (χ4n) is 3.20. The zero-order valence-corrected chi connectivity index (χ0v) is 14.7. The Bertz CT molecular complexity index is 519. The number of nitrogens with zero attached hydrogens (tertiary/aromatic N) is 3. The Balaban J connectivity index is 1.67. The van der Waals surface area contributed by atoms with E-state index in [1.807, 2.05) is 28.8 Å². The molecule has 126 valence electrons. The van der Waals surface area contributed by atoms with Gasteiger partial charge in [0.05, 0.1) is 17.8 Å². The summed E-state index contributed by atoms with van der Waals surface area (Å²) in [5.74, 6) is 3.21. The van der Waals surface area contributed by atoms with Gasteiger partial charge in [0, 0.05) is 38.1 Å². The number of pyridine rings is 1. The normalized spacial score (nSPS) is 26.0. The van der Waals surface area contributed by atoms with Gasteiger partial charge in [-0.1, -0.05) is 0 Å². The standard InChI is InChI=1S/C17H25N3O2S/c1-13-11-20(12-14(2)22-13)16-5-4-15(10-18-16)17(21)19-6-3-8-23-9-7-19/h4-5,10,13-14H,3,6-9,11-12H2,1-2H3. The van der Waals surface area contributed by atoms with Gasteiger partial charge >= 0.3 is 0 Å². The first-order valence-corrected chi connectivity index (χ1v) is 9.52. The monoisotopic (exact) mass is 335 g/mol. The molecule has 0 aromatic carbocycles. The maximum absolute atomic E-state index is 12.6. The van der Waals surface area contributed by atoms with Crippen LogP contribution in [-0.4, -0.2) is 65.7 Å². The van der Waals surface area contributed by atoms with Crippen LogP contribution in [0.3, 0.4) is 0 Å². The molecule has 0 N–H and O–H groups in total. The third-order valence-corrected chi connectivity index (χ3v) is 5.30. The molecule has 0 saturated carbocycles. The number of hydrogen-bond acceptors (Lipinski definition) is 5.